The molecule has 1 aromatic carbocycles. The highest BCUT2D eigenvalue weighted by atomic mass is 16.2. The molecule has 0 aliphatic carbocycles. The maximum Gasteiger partial charge on any atom is 0.273 e. The summed E-state index contributed by atoms with van der Waals surface area (Å²) < 4.78 is 3.56. The minimum absolute atomic E-state index is 0.0715. The molecule has 30 heavy (non-hydrogen) atoms. The molecule has 0 saturated carbocycles. The molecule has 0 bridgehead atoms. The maximum absolute atomic E-state index is 12.7. The molecular weight excluding hydrogens is 382 g/mol. The van der Waals surface area contributed by atoms with Gasteiger partial charge in [0.15, 0.2) is 5.69 Å². The van der Waals surface area contributed by atoms with Crippen LogP contribution in [0.4, 0.5) is 0 Å². The number of amides is 2. The Morgan fingerprint density at radius 2 is 2.07 bits per heavy atom. The fourth-order valence-electron chi connectivity index (χ4n) is 3.72. The molecule has 1 fully saturated rings. The Bertz CT molecular complexity index is 968. The van der Waals surface area contributed by atoms with E-state index in [0.29, 0.717) is 26.1 Å². The molecule has 1 aliphatic heterocycles. The van der Waals surface area contributed by atoms with Gasteiger partial charge in [0.1, 0.15) is 0 Å². The van der Waals surface area contributed by atoms with Crippen LogP contribution in [0.5, 0.6) is 0 Å². The third kappa shape index (κ3) is 4.91. The fourth-order valence-corrected chi connectivity index (χ4v) is 3.72. The monoisotopic (exact) mass is 407 g/mol. The molecule has 9 heteroatoms. The average Bonchev–Trinajstić information content (AvgIpc) is 3.53. The lowest BCUT2D eigenvalue weighted by molar-refractivity contribution is -0.132. The molecule has 9 nitrogen and oxygen atoms in total. The van der Waals surface area contributed by atoms with Gasteiger partial charge in [-0.3, -0.25) is 9.59 Å². The van der Waals surface area contributed by atoms with E-state index in [0.717, 1.165) is 24.9 Å². The van der Waals surface area contributed by atoms with Gasteiger partial charge in [-0.15, -0.1) is 5.10 Å². The van der Waals surface area contributed by atoms with E-state index in [-0.39, 0.29) is 23.6 Å². The number of rotatable bonds is 8. The molecule has 4 rings (SSSR count). The van der Waals surface area contributed by atoms with Crippen LogP contribution >= 0.6 is 0 Å². The highest BCUT2D eigenvalue weighted by Gasteiger charge is 2.29. The first-order chi connectivity index (χ1) is 14.7. The van der Waals surface area contributed by atoms with E-state index >= 15 is 0 Å². The lowest BCUT2D eigenvalue weighted by atomic mass is 10.2. The summed E-state index contributed by atoms with van der Waals surface area (Å²) in [4.78, 5) is 30.9. The van der Waals surface area contributed by atoms with Crippen molar-refractivity contribution in [1.82, 2.24) is 34.8 Å². The number of aromatic nitrogens is 5. The summed E-state index contributed by atoms with van der Waals surface area (Å²) in [6.07, 6.45) is 9.27. The van der Waals surface area contributed by atoms with Crippen molar-refractivity contribution >= 4 is 11.8 Å². The van der Waals surface area contributed by atoms with Gasteiger partial charge in [-0.25, -0.2) is 9.67 Å². The van der Waals surface area contributed by atoms with Crippen molar-refractivity contribution in [1.29, 1.82) is 0 Å². The Labute approximate surface area is 174 Å². The van der Waals surface area contributed by atoms with Crippen molar-refractivity contribution in [2.45, 2.75) is 44.9 Å². The Morgan fingerprint density at radius 3 is 2.87 bits per heavy atom. The van der Waals surface area contributed by atoms with Crippen molar-refractivity contribution in [2.75, 3.05) is 6.54 Å². The summed E-state index contributed by atoms with van der Waals surface area (Å²) in [7, 11) is 0. The highest BCUT2D eigenvalue weighted by molar-refractivity contribution is 5.91. The predicted octanol–water partition coefficient (Wildman–Crippen LogP) is 1.49. The first kappa shape index (κ1) is 19.8. The zero-order valence-corrected chi connectivity index (χ0v) is 16.7. The first-order valence-corrected chi connectivity index (χ1v) is 10.2. The summed E-state index contributed by atoms with van der Waals surface area (Å²) in [6.45, 7) is 2.35. The van der Waals surface area contributed by atoms with Crippen LogP contribution in [0.2, 0.25) is 0 Å². The number of nitrogens with zero attached hydrogens (tertiary/aromatic N) is 6. The third-order valence-corrected chi connectivity index (χ3v) is 5.31. The van der Waals surface area contributed by atoms with Gasteiger partial charge in [-0.1, -0.05) is 35.5 Å². The van der Waals surface area contributed by atoms with E-state index in [1.807, 2.05) is 46.0 Å². The predicted molar refractivity (Wildman–Crippen MR) is 109 cm³/mol. The van der Waals surface area contributed by atoms with Gasteiger partial charge in [-0.2, -0.15) is 0 Å². The van der Waals surface area contributed by atoms with E-state index in [2.05, 4.69) is 20.6 Å². The highest BCUT2D eigenvalue weighted by Crippen LogP contribution is 2.20. The second-order valence-electron chi connectivity index (χ2n) is 7.43. The number of aryl methyl sites for hydroxylation is 1. The zero-order valence-electron chi connectivity index (χ0n) is 16.7. The Balaban J connectivity index is 1.29. The third-order valence-electron chi connectivity index (χ3n) is 5.31. The molecule has 2 amide bonds. The van der Waals surface area contributed by atoms with Gasteiger partial charge in [0.2, 0.25) is 5.91 Å². The molecule has 2 aromatic heterocycles. The average molecular weight is 407 g/mol. The van der Waals surface area contributed by atoms with Gasteiger partial charge in [-0.05, 0) is 18.4 Å². The summed E-state index contributed by atoms with van der Waals surface area (Å²) >= 11 is 0. The van der Waals surface area contributed by atoms with Crippen molar-refractivity contribution < 1.29 is 9.59 Å². The van der Waals surface area contributed by atoms with E-state index in [4.69, 9.17) is 0 Å². The Hall–Kier alpha value is -3.49. The maximum atomic E-state index is 12.7. The van der Waals surface area contributed by atoms with Gasteiger partial charge in [0, 0.05) is 38.4 Å². The van der Waals surface area contributed by atoms with Crippen LogP contribution in [0.25, 0.3) is 0 Å². The van der Waals surface area contributed by atoms with Crippen molar-refractivity contribution in [3.63, 3.8) is 0 Å². The smallest absolute Gasteiger partial charge is 0.273 e. The van der Waals surface area contributed by atoms with Crippen molar-refractivity contribution in [3.8, 4) is 0 Å². The Kier molecular flexibility index (Phi) is 6.17. The minimum Gasteiger partial charge on any atom is -0.347 e. The van der Waals surface area contributed by atoms with Crippen molar-refractivity contribution in [2.24, 2.45) is 0 Å². The van der Waals surface area contributed by atoms with Crippen LogP contribution in [0.15, 0.2) is 55.2 Å². The number of hydrogen-bond donors (Lipinski definition) is 1. The molecule has 0 spiro atoms. The van der Waals surface area contributed by atoms with Crippen molar-refractivity contribution in [3.05, 3.63) is 66.5 Å². The quantitative estimate of drug-likeness (QED) is 0.610. The molecule has 1 saturated heterocycles. The number of carbonyl (C=O) groups is 2. The van der Waals surface area contributed by atoms with Crippen LogP contribution in [0.1, 0.15) is 35.3 Å². The largest absolute Gasteiger partial charge is 0.347 e. The molecule has 1 N–H and O–H groups in total. The summed E-state index contributed by atoms with van der Waals surface area (Å²) in [6, 6.07) is 9.78. The van der Waals surface area contributed by atoms with E-state index in [1.54, 1.807) is 23.4 Å². The van der Waals surface area contributed by atoms with Gasteiger partial charge < -0.3 is 14.8 Å². The summed E-state index contributed by atoms with van der Waals surface area (Å²) in [5.41, 5.74) is 1.30. The first-order valence-electron chi connectivity index (χ1n) is 10.2. The van der Waals surface area contributed by atoms with Gasteiger partial charge >= 0.3 is 0 Å². The van der Waals surface area contributed by atoms with Crippen LogP contribution < -0.4 is 5.32 Å². The zero-order chi connectivity index (χ0) is 20.8. The normalized spacial score (nSPS) is 16.0. The second kappa shape index (κ2) is 9.34. The number of hydrogen-bond acceptors (Lipinski definition) is 5. The van der Waals surface area contributed by atoms with Crippen LogP contribution in [-0.2, 0) is 24.4 Å². The lowest BCUT2D eigenvalue weighted by Crippen LogP contribution is -2.38. The topological polar surface area (TPSA) is 97.9 Å². The Morgan fingerprint density at radius 1 is 1.20 bits per heavy atom. The van der Waals surface area contributed by atoms with Crippen LogP contribution in [-0.4, -0.2) is 53.8 Å². The molecule has 3 heterocycles. The second-order valence-corrected chi connectivity index (χ2v) is 7.43. The lowest BCUT2D eigenvalue weighted by Gasteiger charge is -2.24. The van der Waals surface area contributed by atoms with Crippen LogP contribution in [0, 0.1) is 0 Å². The van der Waals surface area contributed by atoms with E-state index in [9.17, 15) is 9.59 Å². The molecule has 1 aliphatic rings. The number of carbonyl (C=O) groups excluding carboxylic acids is 2. The summed E-state index contributed by atoms with van der Waals surface area (Å²) in [5.74, 6) is -0.128. The number of benzene rings is 1. The van der Waals surface area contributed by atoms with Gasteiger partial charge in [0.25, 0.3) is 5.91 Å². The minimum atomic E-state index is -0.259. The fraction of sp³-hybridized carbons (Fsp3) is 0.381. The van der Waals surface area contributed by atoms with Gasteiger partial charge in [0.05, 0.1) is 25.1 Å². The molecule has 156 valence electrons. The molecular formula is C21H25N7O2. The van der Waals surface area contributed by atoms with E-state index < -0.39 is 0 Å². The SMILES string of the molecule is O=C(NCc1ccccc1)c1cn(C[C@@H]2CCCN2C(=O)CCn2ccnc2)nn1. The van der Waals surface area contributed by atoms with E-state index in [1.165, 1.54) is 0 Å². The van der Waals surface area contributed by atoms with Crippen LogP contribution in [0.3, 0.4) is 0 Å². The standard InChI is InChI=1S/C21H25N7O2/c29-20(8-11-26-12-9-22-16-26)28-10-4-7-18(28)14-27-15-19(24-25-27)21(30)23-13-17-5-2-1-3-6-17/h1-3,5-6,9,12,15-16,18H,4,7-8,10-11,13-14H2,(H,23,30)/t18-/m0/s1. The number of likely N-dealkylation sites (tertiary alicyclic amines) is 1. The molecule has 0 unspecified atom stereocenters. The molecule has 0 radical (unpaired) electrons. The molecule has 1 atom stereocenters. The molecule has 3 aromatic rings. The number of nitrogens with one attached hydrogen (secondary N) is 1. The number of imidazole rings is 1. The summed E-state index contributed by atoms with van der Waals surface area (Å²) in [5, 5.41) is 10.9.